The van der Waals surface area contributed by atoms with Crippen LogP contribution in [0.3, 0.4) is 0 Å². The highest BCUT2D eigenvalue weighted by Gasteiger charge is 2.27. The maximum absolute atomic E-state index is 13.3. The monoisotopic (exact) mass is 445 g/mol. The van der Waals surface area contributed by atoms with E-state index in [4.69, 9.17) is 4.98 Å². The maximum Gasteiger partial charge on any atom is 0.284 e. The van der Waals surface area contributed by atoms with Gasteiger partial charge in [-0.05, 0) is 43.5 Å². The quantitative estimate of drug-likeness (QED) is 0.371. The van der Waals surface area contributed by atoms with Gasteiger partial charge in [0.1, 0.15) is 5.56 Å². The minimum absolute atomic E-state index is 0.0922. The van der Waals surface area contributed by atoms with E-state index in [2.05, 4.69) is 15.0 Å². The predicted molar refractivity (Wildman–Crippen MR) is 126 cm³/mol. The first-order valence-corrected chi connectivity index (χ1v) is 11.7. The topological polar surface area (TPSA) is 81.8 Å². The lowest BCUT2D eigenvalue weighted by molar-refractivity contribution is -0.113. The molecule has 0 saturated carbocycles. The van der Waals surface area contributed by atoms with E-state index in [1.54, 1.807) is 0 Å². The van der Waals surface area contributed by atoms with E-state index in [0.717, 1.165) is 54.5 Å². The standard InChI is InChI=1S/C24H23N5O2S/c30-20(25-17-10-4-1-5-11-17)16-32-24-26-22-21(19-14-8-3-9-15-28(19)24)23(31)29(27-22)18-12-6-2-7-13-18/h1-2,4-7,10-13H,3,8-9,14-16H2,(H,25,30). The molecule has 2 aromatic carbocycles. The van der Waals surface area contributed by atoms with Crippen LogP contribution in [-0.2, 0) is 17.8 Å². The summed E-state index contributed by atoms with van der Waals surface area (Å²) in [7, 11) is 0. The summed E-state index contributed by atoms with van der Waals surface area (Å²) in [5.74, 6) is 0.583. The Labute approximate surface area is 189 Å². The number of thioether (sulfide) groups is 1. The Balaban J connectivity index is 1.50. The minimum Gasteiger partial charge on any atom is -0.325 e. The molecular formula is C24H23N5O2S. The third-order valence-corrected chi connectivity index (χ3v) is 6.53. The zero-order valence-electron chi connectivity index (χ0n) is 17.5. The number of benzene rings is 2. The van der Waals surface area contributed by atoms with Crippen LogP contribution >= 0.6 is 11.8 Å². The highest BCUT2D eigenvalue weighted by molar-refractivity contribution is 7.99. The number of nitrogens with zero attached hydrogens (tertiary/aromatic N) is 4. The van der Waals surface area contributed by atoms with Crippen molar-refractivity contribution >= 4 is 23.4 Å². The third kappa shape index (κ3) is 4.05. The van der Waals surface area contributed by atoms with E-state index < -0.39 is 0 Å². The summed E-state index contributed by atoms with van der Waals surface area (Å²) in [5.41, 5.74) is 2.92. The first-order chi connectivity index (χ1) is 15.7. The fourth-order valence-electron chi connectivity index (χ4n) is 4.06. The zero-order chi connectivity index (χ0) is 21.9. The van der Waals surface area contributed by atoms with Gasteiger partial charge in [0, 0.05) is 17.9 Å². The van der Waals surface area contributed by atoms with Gasteiger partial charge >= 0.3 is 0 Å². The van der Waals surface area contributed by atoms with Crippen molar-refractivity contribution < 1.29 is 4.79 Å². The number of rotatable bonds is 5. The Morgan fingerprint density at radius 2 is 1.75 bits per heavy atom. The highest BCUT2D eigenvalue weighted by Crippen LogP contribution is 2.30. The second-order valence-electron chi connectivity index (χ2n) is 7.76. The molecule has 0 saturated heterocycles. The first-order valence-electron chi connectivity index (χ1n) is 10.8. The van der Waals surface area contributed by atoms with Gasteiger partial charge in [-0.1, -0.05) is 54.6 Å². The van der Waals surface area contributed by atoms with Crippen LogP contribution < -0.4 is 10.9 Å². The molecule has 0 radical (unpaired) electrons. The van der Waals surface area contributed by atoms with E-state index in [1.165, 1.54) is 16.4 Å². The van der Waals surface area contributed by atoms with Crippen molar-refractivity contribution in [3.63, 3.8) is 0 Å². The van der Waals surface area contributed by atoms with E-state index in [-0.39, 0.29) is 17.2 Å². The Kier molecular flexibility index (Phi) is 5.77. The summed E-state index contributed by atoms with van der Waals surface area (Å²) in [6.45, 7) is 0.789. The molecule has 0 fully saturated rings. The summed E-state index contributed by atoms with van der Waals surface area (Å²) >= 11 is 1.39. The van der Waals surface area contributed by atoms with Gasteiger partial charge in [-0.25, -0.2) is 4.98 Å². The summed E-state index contributed by atoms with van der Waals surface area (Å²) < 4.78 is 3.55. The summed E-state index contributed by atoms with van der Waals surface area (Å²) in [5, 5.41) is 8.18. The highest BCUT2D eigenvalue weighted by atomic mass is 32.2. The third-order valence-electron chi connectivity index (χ3n) is 5.56. The van der Waals surface area contributed by atoms with Crippen LogP contribution in [0.15, 0.2) is 70.6 Å². The summed E-state index contributed by atoms with van der Waals surface area (Å²) in [4.78, 5) is 30.5. The number of hydrogen-bond donors (Lipinski definition) is 1. The molecule has 0 atom stereocenters. The number of aromatic nitrogens is 4. The minimum atomic E-state index is -0.136. The number of anilines is 1. The smallest absolute Gasteiger partial charge is 0.284 e. The number of para-hydroxylation sites is 2. The number of carbonyl (C=O) groups is 1. The Morgan fingerprint density at radius 3 is 2.53 bits per heavy atom. The summed E-state index contributed by atoms with van der Waals surface area (Å²) in [6, 6.07) is 18.8. The first kappa shape index (κ1) is 20.5. The fourth-order valence-corrected chi connectivity index (χ4v) is 4.90. The van der Waals surface area contributed by atoms with Crippen molar-refractivity contribution in [1.82, 2.24) is 19.3 Å². The maximum atomic E-state index is 13.3. The fraction of sp³-hybridized carbons (Fsp3) is 0.250. The second-order valence-corrected chi connectivity index (χ2v) is 8.70. The van der Waals surface area contributed by atoms with Gasteiger partial charge in [-0.3, -0.25) is 9.59 Å². The van der Waals surface area contributed by atoms with Crippen molar-refractivity contribution in [2.24, 2.45) is 0 Å². The number of nitrogens with one attached hydrogen (secondary N) is 1. The largest absolute Gasteiger partial charge is 0.325 e. The average molecular weight is 446 g/mol. The van der Waals surface area contributed by atoms with Crippen LogP contribution in [-0.4, -0.2) is 31.0 Å². The predicted octanol–water partition coefficient (Wildman–Crippen LogP) is 3.99. The van der Waals surface area contributed by atoms with Crippen molar-refractivity contribution in [3.8, 4) is 17.1 Å². The Morgan fingerprint density at radius 1 is 1.00 bits per heavy atom. The zero-order valence-corrected chi connectivity index (χ0v) is 18.3. The number of fused-ring (bicyclic) bond motifs is 3. The van der Waals surface area contributed by atoms with Crippen LogP contribution in [0.4, 0.5) is 5.69 Å². The van der Waals surface area contributed by atoms with Gasteiger partial charge in [0.2, 0.25) is 5.91 Å². The van der Waals surface area contributed by atoms with Gasteiger partial charge in [0.25, 0.3) is 5.56 Å². The molecule has 0 unspecified atom stereocenters. The number of amides is 1. The lowest BCUT2D eigenvalue weighted by atomic mass is 10.1. The molecule has 3 heterocycles. The molecule has 0 bridgehead atoms. The lowest BCUT2D eigenvalue weighted by Crippen LogP contribution is -2.20. The molecule has 8 heteroatoms. The van der Waals surface area contributed by atoms with Crippen LogP contribution in [0, 0.1) is 0 Å². The number of hydrogen-bond acceptors (Lipinski definition) is 5. The van der Waals surface area contributed by atoms with Crippen LogP contribution in [0.2, 0.25) is 0 Å². The molecule has 0 spiro atoms. The van der Waals surface area contributed by atoms with Gasteiger partial charge in [0.15, 0.2) is 11.0 Å². The normalized spacial score (nSPS) is 13.5. The molecule has 2 aromatic rings. The van der Waals surface area contributed by atoms with Crippen LogP contribution in [0.1, 0.15) is 25.0 Å². The van der Waals surface area contributed by atoms with Crippen molar-refractivity contribution in [2.75, 3.05) is 11.1 Å². The van der Waals surface area contributed by atoms with Gasteiger partial charge in [0.05, 0.1) is 11.4 Å². The molecule has 7 nitrogen and oxygen atoms in total. The van der Waals surface area contributed by atoms with E-state index in [1.807, 2.05) is 60.7 Å². The van der Waals surface area contributed by atoms with Crippen LogP contribution in [0.25, 0.3) is 17.1 Å². The second kappa shape index (κ2) is 9.00. The van der Waals surface area contributed by atoms with E-state index in [0.29, 0.717) is 11.4 Å². The average Bonchev–Trinajstić information content (AvgIpc) is 2.98. The van der Waals surface area contributed by atoms with Gasteiger partial charge in [-0.15, -0.1) is 5.10 Å². The molecule has 3 aliphatic rings. The molecule has 1 amide bonds. The Bertz CT molecular complexity index is 1270. The summed E-state index contributed by atoms with van der Waals surface area (Å²) in [6.07, 6.45) is 3.95. The van der Waals surface area contributed by atoms with Gasteiger partial charge < -0.3 is 9.88 Å². The molecule has 5 rings (SSSR count). The molecule has 1 N–H and O–H groups in total. The lowest BCUT2D eigenvalue weighted by Gasteiger charge is -2.17. The molecule has 32 heavy (non-hydrogen) atoms. The number of carbonyl (C=O) groups excluding carboxylic acids is 1. The van der Waals surface area contributed by atoms with E-state index >= 15 is 0 Å². The van der Waals surface area contributed by atoms with Crippen molar-refractivity contribution in [2.45, 2.75) is 37.4 Å². The van der Waals surface area contributed by atoms with Crippen molar-refractivity contribution in [3.05, 3.63) is 76.7 Å². The van der Waals surface area contributed by atoms with E-state index in [9.17, 15) is 9.59 Å². The van der Waals surface area contributed by atoms with Crippen molar-refractivity contribution in [1.29, 1.82) is 0 Å². The molecule has 162 valence electrons. The Hall–Kier alpha value is -3.39. The SMILES string of the molecule is O=C(CSc1nc2nn(-c3ccccc3)c(=O)c-2c2n1CCCCC2)Nc1ccccc1. The van der Waals surface area contributed by atoms with Crippen LogP contribution in [0.5, 0.6) is 0 Å². The molecular weight excluding hydrogens is 422 g/mol. The molecule has 0 aliphatic carbocycles. The molecule has 0 aromatic heterocycles. The van der Waals surface area contributed by atoms with Gasteiger partial charge in [-0.2, -0.15) is 4.68 Å². The molecule has 3 aliphatic heterocycles.